The van der Waals surface area contributed by atoms with E-state index >= 15 is 0 Å². The number of ether oxygens (including phenoxy) is 1. The van der Waals surface area contributed by atoms with Crippen LogP contribution in [0.4, 0.5) is 0 Å². The van der Waals surface area contributed by atoms with Crippen LogP contribution in [0.2, 0.25) is 0 Å². The Hall–Kier alpha value is -0.680. The second kappa shape index (κ2) is 6.18. The lowest BCUT2D eigenvalue weighted by Crippen LogP contribution is -2.46. The van der Waals surface area contributed by atoms with Gasteiger partial charge in [0.25, 0.3) is 0 Å². The van der Waals surface area contributed by atoms with E-state index in [1.807, 2.05) is 0 Å². The molecule has 1 atom stereocenters. The quantitative estimate of drug-likeness (QED) is 0.752. The number of rotatable bonds is 6. The van der Waals surface area contributed by atoms with E-state index in [0.29, 0.717) is 5.92 Å². The summed E-state index contributed by atoms with van der Waals surface area (Å²) < 4.78 is 14.8. The van der Waals surface area contributed by atoms with Gasteiger partial charge in [-0.2, -0.15) is 4.37 Å². The maximum absolute atomic E-state index is 5.86. The van der Waals surface area contributed by atoms with Crippen LogP contribution in [0.5, 0.6) is 5.88 Å². The summed E-state index contributed by atoms with van der Waals surface area (Å²) in [6.45, 7) is 6.69. The molecule has 4 heterocycles. The molecule has 0 amide bonds. The maximum atomic E-state index is 5.86. The SMILES string of the molecule is CCCCCOc1nsnc1C1CN2CCC1CC2. The number of hydrogen-bond donors (Lipinski definition) is 0. The van der Waals surface area contributed by atoms with E-state index in [9.17, 15) is 0 Å². The van der Waals surface area contributed by atoms with Crippen LogP contribution in [0.3, 0.4) is 0 Å². The Labute approximate surface area is 119 Å². The molecule has 1 unspecified atom stereocenters. The third-order valence-electron chi connectivity index (χ3n) is 4.48. The van der Waals surface area contributed by atoms with Crippen molar-refractivity contribution in [2.24, 2.45) is 5.92 Å². The van der Waals surface area contributed by atoms with Crippen LogP contribution >= 0.6 is 11.7 Å². The van der Waals surface area contributed by atoms with Crippen molar-refractivity contribution >= 4 is 11.7 Å². The van der Waals surface area contributed by atoms with Crippen LogP contribution in [0.15, 0.2) is 0 Å². The van der Waals surface area contributed by atoms with Crippen molar-refractivity contribution in [1.29, 1.82) is 0 Å². The summed E-state index contributed by atoms with van der Waals surface area (Å²) in [6, 6.07) is 0. The minimum Gasteiger partial charge on any atom is -0.476 e. The highest BCUT2D eigenvalue weighted by molar-refractivity contribution is 6.99. The second-order valence-electron chi connectivity index (χ2n) is 5.75. The molecule has 1 aromatic rings. The Bertz CT molecular complexity index is 401. The molecule has 2 bridgehead atoms. The van der Waals surface area contributed by atoms with Crippen molar-refractivity contribution in [3.8, 4) is 5.88 Å². The van der Waals surface area contributed by atoms with Crippen LogP contribution in [0.25, 0.3) is 0 Å². The smallest absolute Gasteiger partial charge is 0.249 e. The molecule has 106 valence electrons. The fourth-order valence-corrected chi connectivity index (χ4v) is 3.87. The van der Waals surface area contributed by atoms with Gasteiger partial charge >= 0.3 is 0 Å². The van der Waals surface area contributed by atoms with Gasteiger partial charge in [0, 0.05) is 12.5 Å². The first-order valence-corrected chi connectivity index (χ1v) is 8.29. The van der Waals surface area contributed by atoms with Crippen LogP contribution < -0.4 is 4.74 Å². The van der Waals surface area contributed by atoms with E-state index in [-0.39, 0.29) is 0 Å². The molecule has 5 heteroatoms. The van der Waals surface area contributed by atoms with E-state index in [2.05, 4.69) is 20.6 Å². The largest absolute Gasteiger partial charge is 0.476 e. The van der Waals surface area contributed by atoms with Crippen LogP contribution in [0.1, 0.15) is 50.6 Å². The van der Waals surface area contributed by atoms with Gasteiger partial charge < -0.3 is 9.64 Å². The first-order valence-electron chi connectivity index (χ1n) is 7.56. The molecular formula is C14H23N3OS. The summed E-state index contributed by atoms with van der Waals surface area (Å²) >= 11 is 1.31. The van der Waals surface area contributed by atoms with Gasteiger partial charge in [-0.15, -0.1) is 4.37 Å². The monoisotopic (exact) mass is 281 g/mol. The molecule has 0 aliphatic carbocycles. The molecule has 3 saturated heterocycles. The minimum absolute atomic E-state index is 0.558. The topological polar surface area (TPSA) is 38.3 Å². The Morgan fingerprint density at radius 1 is 1.26 bits per heavy atom. The highest BCUT2D eigenvalue weighted by Crippen LogP contribution is 2.41. The van der Waals surface area contributed by atoms with Gasteiger partial charge in [0.15, 0.2) is 0 Å². The second-order valence-corrected chi connectivity index (χ2v) is 6.28. The van der Waals surface area contributed by atoms with Gasteiger partial charge in [-0.3, -0.25) is 0 Å². The molecule has 0 spiro atoms. The van der Waals surface area contributed by atoms with Crippen molar-refractivity contribution in [3.63, 3.8) is 0 Å². The lowest BCUT2D eigenvalue weighted by atomic mass is 9.77. The highest BCUT2D eigenvalue weighted by atomic mass is 32.1. The summed E-state index contributed by atoms with van der Waals surface area (Å²) in [5, 5.41) is 0. The fourth-order valence-electron chi connectivity index (χ4n) is 3.31. The molecule has 4 nitrogen and oxygen atoms in total. The molecule has 0 aromatic carbocycles. The number of unbranched alkanes of at least 4 members (excludes halogenated alkanes) is 2. The van der Waals surface area contributed by atoms with E-state index in [4.69, 9.17) is 4.74 Å². The summed E-state index contributed by atoms with van der Waals surface area (Å²) in [4.78, 5) is 2.56. The highest BCUT2D eigenvalue weighted by Gasteiger charge is 2.38. The average Bonchev–Trinajstić information content (AvgIpc) is 2.93. The number of aromatic nitrogens is 2. The zero-order valence-corrected chi connectivity index (χ0v) is 12.5. The number of nitrogens with zero attached hydrogens (tertiary/aromatic N) is 3. The number of hydrogen-bond acceptors (Lipinski definition) is 5. The first kappa shape index (κ1) is 13.3. The fraction of sp³-hybridized carbons (Fsp3) is 0.857. The van der Waals surface area contributed by atoms with Crippen molar-refractivity contribution < 1.29 is 4.74 Å². The van der Waals surface area contributed by atoms with E-state index in [0.717, 1.165) is 37.1 Å². The van der Waals surface area contributed by atoms with Gasteiger partial charge in [0.05, 0.1) is 18.3 Å². The molecule has 3 fully saturated rings. The van der Waals surface area contributed by atoms with Gasteiger partial charge in [-0.1, -0.05) is 19.8 Å². The van der Waals surface area contributed by atoms with Gasteiger partial charge in [-0.05, 0) is 38.3 Å². The standard InChI is InChI=1S/C14H23N3OS/c1-2-3-4-9-18-14-13(15-19-16-14)12-10-17-7-5-11(12)6-8-17/h11-12H,2-10H2,1H3. The zero-order valence-electron chi connectivity index (χ0n) is 11.7. The molecule has 0 saturated carbocycles. The van der Waals surface area contributed by atoms with Crippen molar-refractivity contribution in [2.75, 3.05) is 26.2 Å². The Morgan fingerprint density at radius 3 is 2.79 bits per heavy atom. The molecular weight excluding hydrogens is 258 g/mol. The maximum Gasteiger partial charge on any atom is 0.249 e. The lowest BCUT2D eigenvalue weighted by molar-refractivity contribution is 0.0840. The molecule has 3 aliphatic rings. The number of fused-ring (bicyclic) bond motifs is 3. The Kier molecular flexibility index (Phi) is 4.33. The van der Waals surface area contributed by atoms with Gasteiger partial charge in [0.2, 0.25) is 5.88 Å². The third-order valence-corrected chi connectivity index (χ3v) is 5.00. The predicted molar refractivity (Wildman–Crippen MR) is 76.8 cm³/mol. The first-order chi connectivity index (χ1) is 9.38. The predicted octanol–water partition coefficient (Wildman–Crippen LogP) is 2.92. The molecule has 1 aromatic heterocycles. The summed E-state index contributed by atoms with van der Waals surface area (Å²) in [7, 11) is 0. The molecule has 0 radical (unpaired) electrons. The van der Waals surface area contributed by atoms with E-state index in [1.54, 1.807) is 0 Å². The number of piperidine rings is 3. The van der Waals surface area contributed by atoms with E-state index in [1.165, 1.54) is 50.5 Å². The summed E-state index contributed by atoms with van der Waals surface area (Å²) in [5.74, 6) is 2.18. The molecule has 3 aliphatic heterocycles. The third kappa shape index (κ3) is 2.92. The molecule has 4 rings (SSSR count). The van der Waals surface area contributed by atoms with Crippen molar-refractivity contribution in [3.05, 3.63) is 5.69 Å². The zero-order chi connectivity index (χ0) is 13.1. The van der Waals surface area contributed by atoms with Crippen LogP contribution in [-0.4, -0.2) is 39.9 Å². The van der Waals surface area contributed by atoms with Crippen LogP contribution in [-0.2, 0) is 0 Å². The van der Waals surface area contributed by atoms with Crippen LogP contribution in [0, 0.1) is 5.92 Å². The van der Waals surface area contributed by atoms with Crippen molar-refractivity contribution in [1.82, 2.24) is 13.6 Å². The lowest BCUT2D eigenvalue weighted by Gasteiger charge is -2.44. The van der Waals surface area contributed by atoms with E-state index < -0.39 is 0 Å². The Morgan fingerprint density at radius 2 is 2.11 bits per heavy atom. The van der Waals surface area contributed by atoms with Gasteiger partial charge in [-0.25, -0.2) is 0 Å². The Balaban J connectivity index is 1.63. The summed E-state index contributed by atoms with van der Waals surface area (Å²) in [6.07, 6.45) is 6.21. The summed E-state index contributed by atoms with van der Waals surface area (Å²) in [5.41, 5.74) is 1.14. The molecule has 0 N–H and O–H groups in total. The minimum atomic E-state index is 0.558. The average molecular weight is 281 g/mol. The van der Waals surface area contributed by atoms with Crippen molar-refractivity contribution in [2.45, 2.75) is 44.9 Å². The van der Waals surface area contributed by atoms with Gasteiger partial charge in [0.1, 0.15) is 5.69 Å². The normalized spacial score (nSPS) is 29.6. The molecule has 19 heavy (non-hydrogen) atoms.